The first-order valence-electron chi connectivity index (χ1n) is 6.20. The molecule has 1 saturated heterocycles. The van der Waals surface area contributed by atoms with Gasteiger partial charge in [0.15, 0.2) is 0 Å². The van der Waals surface area contributed by atoms with Gasteiger partial charge in [-0.1, -0.05) is 24.3 Å². The molecule has 0 unspecified atom stereocenters. The van der Waals surface area contributed by atoms with Crippen molar-refractivity contribution in [3.05, 3.63) is 39.5 Å². The van der Waals surface area contributed by atoms with Gasteiger partial charge in [-0.15, -0.1) is 0 Å². The average Bonchev–Trinajstić information content (AvgIpc) is 2.60. The van der Waals surface area contributed by atoms with Gasteiger partial charge in [0.2, 0.25) is 0 Å². The van der Waals surface area contributed by atoms with E-state index in [1.165, 1.54) is 22.1 Å². The number of nitrogens with zero attached hydrogens (tertiary/aromatic N) is 1. The minimum atomic E-state index is 1.06. The fraction of sp³-hybridized carbons (Fsp3) is 0.429. The van der Waals surface area contributed by atoms with Crippen molar-refractivity contribution in [1.82, 2.24) is 10.2 Å². The van der Waals surface area contributed by atoms with Gasteiger partial charge in [0.1, 0.15) is 0 Å². The Morgan fingerprint density at radius 2 is 2.00 bits per heavy atom. The summed E-state index contributed by atoms with van der Waals surface area (Å²) in [6, 6.07) is 8.64. The first kappa shape index (κ1) is 13.1. The van der Waals surface area contributed by atoms with E-state index in [0.29, 0.717) is 0 Å². The van der Waals surface area contributed by atoms with E-state index in [0.717, 1.165) is 26.2 Å². The van der Waals surface area contributed by atoms with Crippen molar-refractivity contribution in [2.75, 3.05) is 32.7 Å². The zero-order valence-corrected chi connectivity index (χ0v) is 12.2. The van der Waals surface area contributed by atoms with E-state index in [-0.39, 0.29) is 0 Å². The summed E-state index contributed by atoms with van der Waals surface area (Å²) in [4.78, 5) is 2.50. The second kappa shape index (κ2) is 7.13. The summed E-state index contributed by atoms with van der Waals surface area (Å²) in [6.07, 6.45) is 5.75. The van der Waals surface area contributed by atoms with Crippen LogP contribution in [0.1, 0.15) is 12.0 Å². The molecule has 1 heterocycles. The maximum Gasteiger partial charge on any atom is 0.0167 e. The van der Waals surface area contributed by atoms with E-state index in [9.17, 15) is 0 Å². The highest BCUT2D eigenvalue weighted by Gasteiger charge is 2.05. The van der Waals surface area contributed by atoms with Gasteiger partial charge in [-0.05, 0) is 59.8 Å². The quantitative estimate of drug-likeness (QED) is 0.850. The van der Waals surface area contributed by atoms with Crippen molar-refractivity contribution in [2.45, 2.75) is 6.42 Å². The van der Waals surface area contributed by atoms with Crippen molar-refractivity contribution in [2.24, 2.45) is 0 Å². The van der Waals surface area contributed by atoms with Gasteiger partial charge >= 0.3 is 0 Å². The smallest absolute Gasteiger partial charge is 0.0167 e. The monoisotopic (exact) mass is 342 g/mol. The van der Waals surface area contributed by atoms with Crippen LogP contribution in [-0.2, 0) is 0 Å². The molecule has 1 aromatic carbocycles. The Hall–Kier alpha value is -0.390. The van der Waals surface area contributed by atoms with E-state index < -0.39 is 0 Å². The van der Waals surface area contributed by atoms with Crippen molar-refractivity contribution < 1.29 is 0 Å². The summed E-state index contributed by atoms with van der Waals surface area (Å²) in [5, 5.41) is 3.42. The van der Waals surface area contributed by atoms with Crippen LogP contribution in [0.5, 0.6) is 0 Å². The van der Waals surface area contributed by atoms with Crippen LogP contribution in [-0.4, -0.2) is 37.6 Å². The molecule has 1 fully saturated rings. The Bertz CT molecular complexity index is 351. The Balaban J connectivity index is 1.82. The molecule has 0 spiro atoms. The molecule has 2 rings (SSSR count). The van der Waals surface area contributed by atoms with Gasteiger partial charge in [0.25, 0.3) is 0 Å². The lowest BCUT2D eigenvalue weighted by Gasteiger charge is -2.16. The molecule has 0 aromatic heterocycles. The SMILES string of the molecule is Ic1ccc(C=CCN2CCCNCC2)cc1. The highest BCUT2D eigenvalue weighted by atomic mass is 127. The van der Waals surface area contributed by atoms with Crippen molar-refractivity contribution >= 4 is 28.7 Å². The fourth-order valence-electron chi connectivity index (χ4n) is 2.00. The van der Waals surface area contributed by atoms with Crippen LogP contribution in [0.2, 0.25) is 0 Å². The van der Waals surface area contributed by atoms with Crippen LogP contribution >= 0.6 is 22.6 Å². The van der Waals surface area contributed by atoms with Gasteiger partial charge in [-0.3, -0.25) is 4.90 Å². The third-order valence-corrected chi connectivity index (χ3v) is 3.70. The average molecular weight is 342 g/mol. The molecule has 17 heavy (non-hydrogen) atoms. The maximum atomic E-state index is 3.42. The fourth-order valence-corrected chi connectivity index (χ4v) is 2.36. The van der Waals surface area contributed by atoms with Gasteiger partial charge < -0.3 is 5.32 Å². The molecule has 0 radical (unpaired) electrons. The molecule has 0 atom stereocenters. The molecular formula is C14H19IN2. The van der Waals surface area contributed by atoms with Crippen LogP contribution in [0.15, 0.2) is 30.3 Å². The molecule has 92 valence electrons. The summed E-state index contributed by atoms with van der Waals surface area (Å²) < 4.78 is 1.29. The van der Waals surface area contributed by atoms with E-state index in [1.54, 1.807) is 0 Å². The second-order valence-electron chi connectivity index (χ2n) is 4.36. The molecule has 1 aromatic rings. The molecule has 0 saturated carbocycles. The molecule has 0 aliphatic carbocycles. The van der Waals surface area contributed by atoms with E-state index in [1.807, 2.05) is 0 Å². The van der Waals surface area contributed by atoms with Crippen LogP contribution in [0.4, 0.5) is 0 Å². The Kier molecular flexibility index (Phi) is 5.48. The number of halogens is 1. The Morgan fingerprint density at radius 3 is 2.82 bits per heavy atom. The number of nitrogens with one attached hydrogen (secondary N) is 1. The minimum Gasteiger partial charge on any atom is -0.315 e. The van der Waals surface area contributed by atoms with Gasteiger partial charge in [-0.2, -0.15) is 0 Å². The summed E-state index contributed by atoms with van der Waals surface area (Å²) in [5.74, 6) is 0. The summed E-state index contributed by atoms with van der Waals surface area (Å²) in [7, 11) is 0. The number of hydrogen-bond acceptors (Lipinski definition) is 2. The lowest BCUT2D eigenvalue weighted by molar-refractivity contribution is 0.324. The molecular weight excluding hydrogens is 323 g/mol. The molecule has 1 aliphatic rings. The summed E-state index contributed by atoms with van der Waals surface area (Å²) >= 11 is 2.33. The Labute approximate surface area is 117 Å². The summed E-state index contributed by atoms with van der Waals surface area (Å²) in [6.45, 7) is 5.73. The zero-order chi connectivity index (χ0) is 11.9. The van der Waals surface area contributed by atoms with E-state index in [2.05, 4.69) is 69.2 Å². The molecule has 1 aliphatic heterocycles. The molecule has 0 amide bonds. The highest BCUT2D eigenvalue weighted by molar-refractivity contribution is 14.1. The maximum absolute atomic E-state index is 3.42. The molecule has 0 bridgehead atoms. The second-order valence-corrected chi connectivity index (χ2v) is 5.60. The number of rotatable bonds is 3. The number of benzene rings is 1. The van der Waals surface area contributed by atoms with E-state index in [4.69, 9.17) is 0 Å². The standard InChI is InChI=1S/C14H19IN2/c15-14-6-4-13(5-7-14)3-1-10-17-11-2-8-16-9-12-17/h1,3-7,16H,2,8-12H2. The lowest BCUT2D eigenvalue weighted by atomic mass is 10.2. The van der Waals surface area contributed by atoms with Crippen LogP contribution in [0, 0.1) is 3.57 Å². The van der Waals surface area contributed by atoms with Crippen molar-refractivity contribution in [3.8, 4) is 0 Å². The number of hydrogen-bond donors (Lipinski definition) is 1. The predicted octanol–water partition coefficient (Wildman–Crippen LogP) is 2.60. The topological polar surface area (TPSA) is 15.3 Å². The zero-order valence-electron chi connectivity index (χ0n) is 10.0. The van der Waals surface area contributed by atoms with Crippen LogP contribution < -0.4 is 5.32 Å². The van der Waals surface area contributed by atoms with Crippen LogP contribution in [0.25, 0.3) is 6.08 Å². The van der Waals surface area contributed by atoms with Crippen molar-refractivity contribution in [1.29, 1.82) is 0 Å². The molecule has 1 N–H and O–H groups in total. The minimum absolute atomic E-state index is 1.06. The molecule has 3 heteroatoms. The van der Waals surface area contributed by atoms with Gasteiger partial charge in [0.05, 0.1) is 0 Å². The normalized spacial score (nSPS) is 18.4. The van der Waals surface area contributed by atoms with E-state index >= 15 is 0 Å². The van der Waals surface area contributed by atoms with Gasteiger partial charge in [-0.25, -0.2) is 0 Å². The third-order valence-electron chi connectivity index (χ3n) is 2.98. The highest BCUT2D eigenvalue weighted by Crippen LogP contribution is 2.08. The molecule has 2 nitrogen and oxygen atoms in total. The Morgan fingerprint density at radius 1 is 1.18 bits per heavy atom. The third kappa shape index (κ3) is 4.77. The van der Waals surface area contributed by atoms with Crippen LogP contribution in [0.3, 0.4) is 0 Å². The first-order valence-corrected chi connectivity index (χ1v) is 7.28. The van der Waals surface area contributed by atoms with Gasteiger partial charge in [0, 0.05) is 23.2 Å². The first-order chi connectivity index (χ1) is 8.34. The predicted molar refractivity (Wildman–Crippen MR) is 82.1 cm³/mol. The summed E-state index contributed by atoms with van der Waals surface area (Å²) in [5.41, 5.74) is 1.29. The lowest BCUT2D eigenvalue weighted by Crippen LogP contribution is -2.28. The van der Waals surface area contributed by atoms with Crippen molar-refractivity contribution in [3.63, 3.8) is 0 Å². The largest absolute Gasteiger partial charge is 0.315 e.